The zero-order valence-electron chi connectivity index (χ0n) is 9.19. The molecule has 0 aliphatic heterocycles. The molecule has 0 amide bonds. The van der Waals surface area contributed by atoms with Crippen molar-refractivity contribution in [3.8, 4) is 5.75 Å². The smallest absolute Gasteiger partial charge is 0.119 e. The Kier molecular flexibility index (Phi) is 3.62. The topological polar surface area (TPSA) is 18.5 Å². The minimum Gasteiger partial charge on any atom is -0.490 e. The third kappa shape index (κ3) is 2.96. The lowest BCUT2D eigenvalue weighted by atomic mass is 9.95. The lowest BCUT2D eigenvalue weighted by Crippen LogP contribution is -2.27. The number of rotatable bonds is 3. The Morgan fingerprint density at radius 2 is 1.53 bits per heavy atom. The molecule has 2 heteroatoms. The molecule has 2 rings (SSSR count). The fraction of sp³-hybridized carbons (Fsp3) is 0.538. The minimum atomic E-state index is 0.374. The second kappa shape index (κ2) is 5.17. The van der Waals surface area contributed by atoms with Crippen LogP contribution in [-0.4, -0.2) is 19.3 Å². The van der Waals surface area contributed by atoms with Crippen LogP contribution in [0.15, 0.2) is 30.3 Å². The predicted octanol–water partition coefficient (Wildman–Crippen LogP) is 3.02. The lowest BCUT2D eigenvalue weighted by molar-refractivity contribution is 0.0327. The van der Waals surface area contributed by atoms with E-state index < -0.39 is 0 Å². The fourth-order valence-corrected chi connectivity index (χ4v) is 2.08. The highest BCUT2D eigenvalue weighted by Crippen LogP contribution is 2.24. The van der Waals surface area contributed by atoms with Crippen LogP contribution in [0.3, 0.4) is 0 Å². The van der Waals surface area contributed by atoms with E-state index in [2.05, 4.69) is 0 Å². The van der Waals surface area contributed by atoms with Crippen molar-refractivity contribution >= 4 is 0 Å². The molecule has 1 aromatic carbocycles. The van der Waals surface area contributed by atoms with Crippen molar-refractivity contribution in [3.05, 3.63) is 30.3 Å². The van der Waals surface area contributed by atoms with Crippen molar-refractivity contribution in [2.45, 2.75) is 37.9 Å². The van der Waals surface area contributed by atoms with Gasteiger partial charge in [0.2, 0.25) is 0 Å². The lowest BCUT2D eigenvalue weighted by Gasteiger charge is -2.28. The molecule has 1 aromatic rings. The number of hydrogen-bond donors (Lipinski definition) is 0. The molecule has 1 aliphatic carbocycles. The molecule has 0 spiro atoms. The van der Waals surface area contributed by atoms with Gasteiger partial charge < -0.3 is 9.47 Å². The van der Waals surface area contributed by atoms with E-state index >= 15 is 0 Å². The molecular formula is C13H18O2. The van der Waals surface area contributed by atoms with E-state index in [1.54, 1.807) is 7.11 Å². The van der Waals surface area contributed by atoms with E-state index in [1.807, 2.05) is 30.3 Å². The van der Waals surface area contributed by atoms with Gasteiger partial charge in [0.05, 0.1) is 12.2 Å². The Morgan fingerprint density at radius 3 is 2.13 bits per heavy atom. The summed E-state index contributed by atoms with van der Waals surface area (Å²) in [6.45, 7) is 0. The Labute approximate surface area is 91.2 Å². The summed E-state index contributed by atoms with van der Waals surface area (Å²) in [6, 6.07) is 10.1. The Bertz CT molecular complexity index is 276. The summed E-state index contributed by atoms with van der Waals surface area (Å²) >= 11 is 0. The summed E-state index contributed by atoms with van der Waals surface area (Å²) in [4.78, 5) is 0. The number of hydrogen-bond acceptors (Lipinski definition) is 2. The highest BCUT2D eigenvalue weighted by atomic mass is 16.5. The normalized spacial score (nSPS) is 26.2. The molecule has 0 heterocycles. The average Bonchev–Trinajstić information content (AvgIpc) is 2.31. The molecule has 2 nitrogen and oxygen atoms in total. The minimum absolute atomic E-state index is 0.374. The molecular weight excluding hydrogens is 188 g/mol. The zero-order chi connectivity index (χ0) is 10.5. The van der Waals surface area contributed by atoms with Gasteiger partial charge in [0, 0.05) is 7.11 Å². The van der Waals surface area contributed by atoms with Crippen molar-refractivity contribution in [1.82, 2.24) is 0 Å². The maximum absolute atomic E-state index is 5.89. The van der Waals surface area contributed by atoms with Crippen LogP contribution >= 0.6 is 0 Å². The first kappa shape index (κ1) is 10.5. The van der Waals surface area contributed by atoms with Gasteiger partial charge >= 0.3 is 0 Å². The second-order valence-electron chi connectivity index (χ2n) is 4.07. The summed E-state index contributed by atoms with van der Waals surface area (Å²) in [5.74, 6) is 0.985. The van der Waals surface area contributed by atoms with Crippen LogP contribution in [0.4, 0.5) is 0 Å². The molecule has 0 aromatic heterocycles. The first-order valence-corrected chi connectivity index (χ1v) is 5.63. The molecule has 0 atom stereocenters. The number of benzene rings is 1. The Hall–Kier alpha value is -1.02. The van der Waals surface area contributed by atoms with Gasteiger partial charge in [-0.2, -0.15) is 0 Å². The predicted molar refractivity (Wildman–Crippen MR) is 60.1 cm³/mol. The fourth-order valence-electron chi connectivity index (χ4n) is 2.08. The van der Waals surface area contributed by atoms with Crippen LogP contribution in [0.25, 0.3) is 0 Å². The summed E-state index contributed by atoms with van der Waals surface area (Å²) in [5, 5.41) is 0. The maximum atomic E-state index is 5.89. The van der Waals surface area contributed by atoms with Crippen LogP contribution in [-0.2, 0) is 4.74 Å². The summed E-state index contributed by atoms with van der Waals surface area (Å²) in [7, 11) is 1.79. The summed E-state index contributed by atoms with van der Waals surface area (Å²) < 4.78 is 11.2. The van der Waals surface area contributed by atoms with Gasteiger partial charge in [-0.1, -0.05) is 18.2 Å². The third-order valence-electron chi connectivity index (χ3n) is 3.00. The molecule has 0 radical (unpaired) electrons. The SMILES string of the molecule is COC1CCC(Oc2ccccc2)CC1. The molecule has 1 aliphatic rings. The summed E-state index contributed by atoms with van der Waals surface area (Å²) in [5.41, 5.74) is 0. The van der Waals surface area contributed by atoms with Gasteiger partial charge in [0.1, 0.15) is 5.75 Å². The van der Waals surface area contributed by atoms with E-state index in [9.17, 15) is 0 Å². The molecule has 0 bridgehead atoms. The molecule has 0 N–H and O–H groups in total. The zero-order valence-corrected chi connectivity index (χ0v) is 9.19. The average molecular weight is 206 g/mol. The standard InChI is InChI=1S/C13H18O2/c1-14-11-7-9-13(10-8-11)15-12-5-3-2-4-6-12/h2-6,11,13H,7-10H2,1H3. The van der Waals surface area contributed by atoms with Crippen molar-refractivity contribution in [2.24, 2.45) is 0 Å². The van der Waals surface area contributed by atoms with E-state index in [0.717, 1.165) is 31.4 Å². The van der Waals surface area contributed by atoms with Gasteiger partial charge in [0.15, 0.2) is 0 Å². The number of para-hydroxylation sites is 1. The van der Waals surface area contributed by atoms with Crippen molar-refractivity contribution in [2.75, 3.05) is 7.11 Å². The molecule has 82 valence electrons. The number of methoxy groups -OCH3 is 1. The second-order valence-corrected chi connectivity index (χ2v) is 4.07. The van der Waals surface area contributed by atoms with Crippen LogP contribution in [0.5, 0.6) is 5.75 Å². The Balaban J connectivity index is 1.82. The van der Waals surface area contributed by atoms with Crippen LogP contribution < -0.4 is 4.74 Å². The van der Waals surface area contributed by atoms with Gasteiger partial charge in [-0.3, -0.25) is 0 Å². The quantitative estimate of drug-likeness (QED) is 0.756. The maximum Gasteiger partial charge on any atom is 0.119 e. The molecule has 0 unspecified atom stereocenters. The molecule has 15 heavy (non-hydrogen) atoms. The third-order valence-corrected chi connectivity index (χ3v) is 3.00. The van der Waals surface area contributed by atoms with Crippen LogP contribution in [0.1, 0.15) is 25.7 Å². The van der Waals surface area contributed by atoms with E-state index in [-0.39, 0.29) is 0 Å². The largest absolute Gasteiger partial charge is 0.490 e. The van der Waals surface area contributed by atoms with Crippen LogP contribution in [0.2, 0.25) is 0 Å². The van der Waals surface area contributed by atoms with Crippen molar-refractivity contribution in [1.29, 1.82) is 0 Å². The van der Waals surface area contributed by atoms with Crippen molar-refractivity contribution in [3.63, 3.8) is 0 Å². The van der Waals surface area contributed by atoms with E-state index in [4.69, 9.17) is 9.47 Å². The van der Waals surface area contributed by atoms with Crippen molar-refractivity contribution < 1.29 is 9.47 Å². The van der Waals surface area contributed by atoms with E-state index in [1.165, 1.54) is 0 Å². The van der Waals surface area contributed by atoms with Gasteiger partial charge in [-0.25, -0.2) is 0 Å². The molecule has 0 saturated heterocycles. The molecule has 1 saturated carbocycles. The Morgan fingerprint density at radius 1 is 0.933 bits per heavy atom. The first-order valence-electron chi connectivity index (χ1n) is 5.63. The van der Waals surface area contributed by atoms with Gasteiger partial charge in [-0.15, -0.1) is 0 Å². The first-order chi connectivity index (χ1) is 7.38. The van der Waals surface area contributed by atoms with Gasteiger partial charge in [0.25, 0.3) is 0 Å². The van der Waals surface area contributed by atoms with Gasteiger partial charge in [-0.05, 0) is 37.8 Å². The summed E-state index contributed by atoms with van der Waals surface area (Å²) in [6.07, 6.45) is 5.27. The highest BCUT2D eigenvalue weighted by molar-refractivity contribution is 5.21. The van der Waals surface area contributed by atoms with E-state index in [0.29, 0.717) is 12.2 Å². The highest BCUT2D eigenvalue weighted by Gasteiger charge is 2.21. The van der Waals surface area contributed by atoms with Crippen LogP contribution in [0, 0.1) is 0 Å². The monoisotopic (exact) mass is 206 g/mol. The number of ether oxygens (including phenoxy) is 2. The molecule has 1 fully saturated rings.